The predicted octanol–water partition coefficient (Wildman–Crippen LogP) is 3.19. The number of hydrogen-bond acceptors (Lipinski definition) is 3. The highest BCUT2D eigenvalue weighted by Crippen LogP contribution is 2.41. The van der Waals surface area contributed by atoms with Crippen LogP contribution in [-0.2, 0) is 7.05 Å². The largest absolute Gasteiger partial charge is 0.419 e. The molecule has 2 atom stereocenters. The molecule has 2 N–H and O–H groups in total. The molecule has 2 aromatic rings. The summed E-state index contributed by atoms with van der Waals surface area (Å²) in [5.41, 5.74) is 7.95. The number of oxazole rings is 1. The number of hydrogen-bond donors (Lipinski definition) is 1. The van der Waals surface area contributed by atoms with Crippen LogP contribution in [-0.4, -0.2) is 27.6 Å². The molecule has 2 heterocycles. The summed E-state index contributed by atoms with van der Waals surface area (Å²) in [6.45, 7) is 7.11. The van der Waals surface area contributed by atoms with Crippen molar-refractivity contribution in [2.75, 3.05) is 6.54 Å². The fraction of sp³-hybridized carbons (Fsp3) is 0.579. The molecule has 1 aromatic carbocycles. The second kappa shape index (κ2) is 6.24. The standard InChI is InChI=1S/C19H27N3O3/c1-12(2)10-19(3)11-14(7-8-22(19)17(20)23)13-5-6-15-16(9-13)25-18(24)21(15)4/h5-6,9,12,14H,7-8,10-11H2,1-4H3,(H2,20,23)/t14?,19-/m1/s1. The Balaban J connectivity index is 1.93. The average Bonchev–Trinajstić information content (AvgIpc) is 2.79. The summed E-state index contributed by atoms with van der Waals surface area (Å²) >= 11 is 0. The van der Waals surface area contributed by atoms with Gasteiger partial charge in [-0.05, 0) is 55.7 Å². The molecule has 1 fully saturated rings. The Morgan fingerprint density at radius 3 is 2.80 bits per heavy atom. The third-order valence-electron chi connectivity index (χ3n) is 5.44. The highest BCUT2D eigenvalue weighted by molar-refractivity contribution is 5.74. The van der Waals surface area contributed by atoms with E-state index in [0.717, 1.165) is 30.3 Å². The lowest BCUT2D eigenvalue weighted by atomic mass is 9.74. The van der Waals surface area contributed by atoms with E-state index in [1.165, 1.54) is 4.57 Å². The van der Waals surface area contributed by atoms with Crippen molar-refractivity contribution in [2.24, 2.45) is 18.7 Å². The van der Waals surface area contributed by atoms with Crippen molar-refractivity contribution < 1.29 is 9.21 Å². The number of fused-ring (bicyclic) bond motifs is 1. The van der Waals surface area contributed by atoms with Crippen LogP contribution in [0.5, 0.6) is 0 Å². The number of carbonyl (C=O) groups is 1. The van der Waals surface area contributed by atoms with Crippen LogP contribution in [0.3, 0.4) is 0 Å². The quantitative estimate of drug-likeness (QED) is 0.927. The number of urea groups is 1. The topological polar surface area (TPSA) is 81.5 Å². The fourth-order valence-corrected chi connectivity index (χ4v) is 4.44. The van der Waals surface area contributed by atoms with Gasteiger partial charge in [-0.1, -0.05) is 19.9 Å². The summed E-state index contributed by atoms with van der Waals surface area (Å²) in [7, 11) is 1.71. The monoisotopic (exact) mass is 345 g/mol. The molecular formula is C19H27N3O3. The normalized spacial score (nSPS) is 24.2. The molecule has 0 radical (unpaired) electrons. The number of carbonyl (C=O) groups excluding carboxylic acids is 1. The average molecular weight is 345 g/mol. The number of nitrogens with two attached hydrogens (primary N) is 1. The summed E-state index contributed by atoms with van der Waals surface area (Å²) in [5, 5.41) is 0. The molecule has 1 unspecified atom stereocenters. The van der Waals surface area contributed by atoms with E-state index in [2.05, 4.69) is 26.8 Å². The van der Waals surface area contributed by atoms with Crippen molar-refractivity contribution in [1.82, 2.24) is 9.47 Å². The second-order valence-electron chi connectivity index (χ2n) is 7.93. The maximum absolute atomic E-state index is 11.9. The van der Waals surface area contributed by atoms with Crippen LogP contribution in [0, 0.1) is 5.92 Å². The van der Waals surface area contributed by atoms with Gasteiger partial charge in [0.1, 0.15) is 0 Å². The maximum Gasteiger partial charge on any atom is 0.419 e. The van der Waals surface area contributed by atoms with E-state index in [-0.39, 0.29) is 17.3 Å². The first-order chi connectivity index (χ1) is 11.7. The summed E-state index contributed by atoms with van der Waals surface area (Å²) < 4.78 is 6.84. The van der Waals surface area contributed by atoms with E-state index in [0.29, 0.717) is 24.0 Å². The Kier molecular flexibility index (Phi) is 4.39. The molecule has 0 aliphatic carbocycles. The third kappa shape index (κ3) is 3.17. The zero-order valence-electron chi connectivity index (χ0n) is 15.4. The highest BCUT2D eigenvalue weighted by atomic mass is 16.4. The first-order valence-corrected chi connectivity index (χ1v) is 8.88. The summed E-state index contributed by atoms with van der Waals surface area (Å²) in [5.74, 6) is 0.440. The van der Waals surface area contributed by atoms with Gasteiger partial charge in [0.25, 0.3) is 0 Å². The number of nitrogens with zero attached hydrogens (tertiary/aromatic N) is 2. The lowest BCUT2D eigenvalue weighted by Crippen LogP contribution is -2.56. The van der Waals surface area contributed by atoms with Crippen LogP contribution in [0.1, 0.15) is 51.5 Å². The highest BCUT2D eigenvalue weighted by Gasteiger charge is 2.41. The van der Waals surface area contributed by atoms with Gasteiger partial charge < -0.3 is 15.1 Å². The zero-order valence-corrected chi connectivity index (χ0v) is 15.4. The maximum atomic E-state index is 11.9. The van der Waals surface area contributed by atoms with E-state index < -0.39 is 0 Å². The predicted molar refractivity (Wildman–Crippen MR) is 97.6 cm³/mol. The zero-order chi connectivity index (χ0) is 18.4. The van der Waals surface area contributed by atoms with Crippen molar-refractivity contribution >= 4 is 17.1 Å². The first kappa shape index (κ1) is 17.6. The molecule has 0 saturated carbocycles. The van der Waals surface area contributed by atoms with Crippen LogP contribution >= 0.6 is 0 Å². The number of benzene rings is 1. The number of likely N-dealkylation sites (tertiary alicyclic amines) is 1. The van der Waals surface area contributed by atoms with Gasteiger partial charge in [-0.3, -0.25) is 4.57 Å². The molecule has 25 heavy (non-hydrogen) atoms. The van der Waals surface area contributed by atoms with E-state index in [9.17, 15) is 9.59 Å². The molecule has 136 valence electrons. The number of aromatic nitrogens is 1. The Labute approximate surface area is 147 Å². The van der Waals surface area contributed by atoms with Crippen molar-refractivity contribution in [3.05, 3.63) is 34.3 Å². The molecule has 3 rings (SSSR count). The molecule has 1 aromatic heterocycles. The van der Waals surface area contributed by atoms with E-state index >= 15 is 0 Å². The van der Waals surface area contributed by atoms with Gasteiger partial charge in [0.2, 0.25) is 0 Å². The van der Waals surface area contributed by atoms with Gasteiger partial charge in [0.05, 0.1) is 5.52 Å². The Morgan fingerprint density at radius 1 is 1.44 bits per heavy atom. The molecule has 0 bridgehead atoms. The number of piperidine rings is 1. The molecule has 1 saturated heterocycles. The van der Waals surface area contributed by atoms with Gasteiger partial charge in [-0.15, -0.1) is 0 Å². The van der Waals surface area contributed by atoms with Crippen LogP contribution in [0.15, 0.2) is 27.4 Å². The minimum atomic E-state index is -0.347. The number of aryl methyl sites for hydroxylation is 1. The second-order valence-corrected chi connectivity index (χ2v) is 7.93. The van der Waals surface area contributed by atoms with Crippen LogP contribution in [0.4, 0.5) is 4.79 Å². The lowest BCUT2D eigenvalue weighted by molar-refractivity contribution is 0.0678. The minimum Gasteiger partial charge on any atom is -0.408 e. The van der Waals surface area contributed by atoms with E-state index in [4.69, 9.17) is 10.2 Å². The van der Waals surface area contributed by atoms with Crippen LogP contribution in [0.25, 0.3) is 11.1 Å². The fourth-order valence-electron chi connectivity index (χ4n) is 4.44. The van der Waals surface area contributed by atoms with Crippen molar-refractivity contribution in [1.29, 1.82) is 0 Å². The molecule has 6 heteroatoms. The number of amides is 2. The lowest BCUT2D eigenvalue weighted by Gasteiger charge is -2.48. The minimum absolute atomic E-state index is 0.255. The van der Waals surface area contributed by atoms with Gasteiger partial charge in [0, 0.05) is 19.1 Å². The van der Waals surface area contributed by atoms with Gasteiger partial charge >= 0.3 is 11.8 Å². The smallest absolute Gasteiger partial charge is 0.408 e. The van der Waals surface area contributed by atoms with Crippen LogP contribution in [0.2, 0.25) is 0 Å². The molecular weight excluding hydrogens is 318 g/mol. The third-order valence-corrected chi connectivity index (χ3v) is 5.44. The van der Waals surface area contributed by atoms with Crippen molar-refractivity contribution in [2.45, 2.75) is 51.5 Å². The molecule has 2 amide bonds. The summed E-state index contributed by atoms with van der Waals surface area (Å²) in [4.78, 5) is 25.4. The van der Waals surface area contributed by atoms with Gasteiger partial charge in [-0.2, -0.15) is 0 Å². The molecule has 1 aliphatic rings. The Hall–Kier alpha value is -2.24. The van der Waals surface area contributed by atoms with Gasteiger partial charge in [-0.25, -0.2) is 9.59 Å². The summed E-state index contributed by atoms with van der Waals surface area (Å²) in [6, 6.07) is 5.64. The Morgan fingerprint density at radius 2 is 2.16 bits per heavy atom. The van der Waals surface area contributed by atoms with Crippen molar-refractivity contribution in [3.8, 4) is 0 Å². The first-order valence-electron chi connectivity index (χ1n) is 8.88. The molecule has 1 aliphatic heterocycles. The van der Waals surface area contributed by atoms with E-state index in [1.54, 1.807) is 7.05 Å². The van der Waals surface area contributed by atoms with E-state index in [1.807, 2.05) is 17.0 Å². The van der Waals surface area contributed by atoms with Gasteiger partial charge in [0.15, 0.2) is 5.58 Å². The number of primary amides is 1. The van der Waals surface area contributed by atoms with Crippen LogP contribution < -0.4 is 11.5 Å². The number of rotatable bonds is 3. The SMILES string of the molecule is CC(C)C[C@]1(C)CC(c2ccc3c(c2)oc(=O)n3C)CCN1C(N)=O. The molecule has 0 spiro atoms. The molecule has 6 nitrogen and oxygen atoms in total. The van der Waals surface area contributed by atoms with Crippen molar-refractivity contribution in [3.63, 3.8) is 0 Å². The summed E-state index contributed by atoms with van der Waals surface area (Å²) in [6.07, 6.45) is 2.63. The Bertz CT molecular complexity index is 851.